The van der Waals surface area contributed by atoms with Crippen molar-refractivity contribution in [3.63, 3.8) is 0 Å². The summed E-state index contributed by atoms with van der Waals surface area (Å²) < 4.78 is 0.963. The molecule has 0 aliphatic heterocycles. The summed E-state index contributed by atoms with van der Waals surface area (Å²) in [5.41, 5.74) is 1.76. The Hall–Kier alpha value is -1.62. The smallest absolute Gasteiger partial charge is 0.291 e. The van der Waals surface area contributed by atoms with Crippen molar-refractivity contribution in [2.75, 3.05) is 5.32 Å². The molecule has 4 nitrogen and oxygen atoms in total. The van der Waals surface area contributed by atoms with E-state index in [-0.39, 0.29) is 5.91 Å². The van der Waals surface area contributed by atoms with Crippen LogP contribution in [0.3, 0.4) is 0 Å². The zero-order valence-corrected chi connectivity index (χ0v) is 10.2. The maximum Gasteiger partial charge on any atom is 0.291 e. The van der Waals surface area contributed by atoms with Gasteiger partial charge in [-0.25, -0.2) is 4.98 Å². The molecular weight excluding hydrogens is 270 g/mol. The summed E-state index contributed by atoms with van der Waals surface area (Å²) in [5, 5.41) is 2.79. The van der Waals surface area contributed by atoms with Gasteiger partial charge in [-0.15, -0.1) is 0 Å². The van der Waals surface area contributed by atoms with Crippen LogP contribution in [0.1, 0.15) is 16.2 Å². The molecule has 0 spiro atoms. The van der Waals surface area contributed by atoms with Gasteiger partial charge in [0.05, 0.1) is 0 Å². The molecule has 0 bridgehead atoms. The van der Waals surface area contributed by atoms with Crippen LogP contribution in [0.25, 0.3) is 0 Å². The molecule has 0 saturated carbocycles. The molecule has 16 heavy (non-hydrogen) atoms. The number of anilines is 1. The summed E-state index contributed by atoms with van der Waals surface area (Å²) in [4.78, 5) is 18.4. The van der Waals surface area contributed by atoms with Gasteiger partial charge in [-0.2, -0.15) is 0 Å². The van der Waals surface area contributed by atoms with Crippen molar-refractivity contribution in [1.29, 1.82) is 0 Å². The van der Waals surface area contributed by atoms with Crippen molar-refractivity contribution < 1.29 is 4.79 Å². The van der Waals surface area contributed by atoms with Crippen LogP contribution in [0, 0.1) is 6.92 Å². The predicted molar refractivity (Wildman–Crippen MR) is 65.4 cm³/mol. The molecule has 1 amide bonds. The lowest BCUT2D eigenvalue weighted by Gasteiger charge is -2.08. The number of H-pyrrole nitrogens is 1. The fraction of sp³-hybridized carbons (Fsp3) is 0.0909. The first-order valence-corrected chi connectivity index (χ1v) is 5.53. The van der Waals surface area contributed by atoms with Crippen molar-refractivity contribution in [3.8, 4) is 0 Å². The Kier molecular flexibility index (Phi) is 3.05. The first-order chi connectivity index (χ1) is 7.68. The van der Waals surface area contributed by atoms with E-state index in [1.807, 2.05) is 25.1 Å². The standard InChI is InChI=1S/C11H10BrN3O/c1-7-8(12)3-2-4-9(7)15-11(16)10-13-5-6-14-10/h2-6H,1H3,(H,13,14)(H,15,16). The van der Waals surface area contributed by atoms with Gasteiger partial charge in [-0.3, -0.25) is 4.79 Å². The molecule has 0 aliphatic rings. The van der Waals surface area contributed by atoms with Gasteiger partial charge in [0.1, 0.15) is 0 Å². The third kappa shape index (κ3) is 2.14. The van der Waals surface area contributed by atoms with E-state index in [0.717, 1.165) is 15.7 Å². The number of imidazole rings is 1. The highest BCUT2D eigenvalue weighted by molar-refractivity contribution is 9.10. The minimum atomic E-state index is -0.244. The second kappa shape index (κ2) is 4.49. The van der Waals surface area contributed by atoms with E-state index >= 15 is 0 Å². The largest absolute Gasteiger partial charge is 0.341 e. The van der Waals surface area contributed by atoms with Crippen molar-refractivity contribution >= 4 is 27.5 Å². The number of halogens is 1. The van der Waals surface area contributed by atoms with E-state index in [2.05, 4.69) is 31.2 Å². The third-order valence-electron chi connectivity index (χ3n) is 2.23. The van der Waals surface area contributed by atoms with E-state index in [0.29, 0.717) is 5.82 Å². The summed E-state index contributed by atoms with van der Waals surface area (Å²) in [6.07, 6.45) is 3.16. The molecule has 2 N–H and O–H groups in total. The van der Waals surface area contributed by atoms with E-state index in [1.54, 1.807) is 12.4 Å². The second-order valence-electron chi connectivity index (χ2n) is 3.30. The molecule has 1 heterocycles. The summed E-state index contributed by atoms with van der Waals surface area (Å²) in [6, 6.07) is 5.65. The highest BCUT2D eigenvalue weighted by Gasteiger charge is 2.10. The Morgan fingerprint density at radius 1 is 1.50 bits per heavy atom. The maximum atomic E-state index is 11.7. The zero-order valence-electron chi connectivity index (χ0n) is 8.62. The van der Waals surface area contributed by atoms with Gasteiger partial charge in [-0.1, -0.05) is 22.0 Å². The Morgan fingerprint density at radius 2 is 2.31 bits per heavy atom. The Morgan fingerprint density at radius 3 is 3.00 bits per heavy atom. The van der Waals surface area contributed by atoms with Crippen LogP contribution in [0.15, 0.2) is 35.1 Å². The van der Waals surface area contributed by atoms with Crippen LogP contribution in [-0.2, 0) is 0 Å². The minimum absolute atomic E-state index is 0.244. The average Bonchev–Trinajstić information content (AvgIpc) is 2.78. The van der Waals surface area contributed by atoms with E-state index in [9.17, 15) is 4.79 Å². The zero-order chi connectivity index (χ0) is 11.5. The van der Waals surface area contributed by atoms with E-state index < -0.39 is 0 Å². The SMILES string of the molecule is Cc1c(Br)cccc1NC(=O)c1ncc[nH]1. The Balaban J connectivity index is 2.22. The van der Waals surface area contributed by atoms with Crippen LogP contribution >= 0.6 is 15.9 Å². The summed E-state index contributed by atoms with van der Waals surface area (Å²) in [6.45, 7) is 1.93. The highest BCUT2D eigenvalue weighted by Crippen LogP contribution is 2.23. The number of nitrogens with one attached hydrogen (secondary N) is 2. The lowest BCUT2D eigenvalue weighted by atomic mass is 10.2. The average molecular weight is 280 g/mol. The van der Waals surface area contributed by atoms with Gasteiger partial charge in [0.25, 0.3) is 5.91 Å². The van der Waals surface area contributed by atoms with E-state index in [4.69, 9.17) is 0 Å². The molecule has 5 heteroatoms. The lowest BCUT2D eigenvalue weighted by molar-refractivity contribution is 0.101. The molecular formula is C11H10BrN3O. The minimum Gasteiger partial charge on any atom is -0.341 e. The van der Waals surface area contributed by atoms with Crippen LogP contribution in [0.4, 0.5) is 5.69 Å². The summed E-state index contributed by atoms with van der Waals surface area (Å²) >= 11 is 3.41. The van der Waals surface area contributed by atoms with Gasteiger partial charge >= 0.3 is 0 Å². The van der Waals surface area contributed by atoms with Crippen LogP contribution in [-0.4, -0.2) is 15.9 Å². The molecule has 0 unspecified atom stereocenters. The number of amides is 1. The number of hydrogen-bond donors (Lipinski definition) is 2. The van der Waals surface area contributed by atoms with Crippen molar-refractivity contribution in [1.82, 2.24) is 9.97 Å². The van der Waals surface area contributed by atoms with Crippen molar-refractivity contribution in [3.05, 3.63) is 46.5 Å². The second-order valence-corrected chi connectivity index (χ2v) is 4.16. The molecule has 0 atom stereocenters. The molecule has 2 rings (SSSR count). The van der Waals surface area contributed by atoms with Gasteiger partial charge in [0.2, 0.25) is 0 Å². The first kappa shape index (κ1) is 10.9. The third-order valence-corrected chi connectivity index (χ3v) is 3.09. The number of aromatic nitrogens is 2. The van der Waals surface area contributed by atoms with Crippen LogP contribution < -0.4 is 5.32 Å². The molecule has 82 valence electrons. The summed E-state index contributed by atoms with van der Waals surface area (Å²) in [5.74, 6) is 0.0607. The normalized spacial score (nSPS) is 10.1. The fourth-order valence-electron chi connectivity index (χ4n) is 1.31. The summed E-state index contributed by atoms with van der Waals surface area (Å²) in [7, 11) is 0. The molecule has 0 radical (unpaired) electrons. The number of carbonyl (C=O) groups excluding carboxylic acids is 1. The topological polar surface area (TPSA) is 57.8 Å². The van der Waals surface area contributed by atoms with Gasteiger partial charge in [-0.05, 0) is 24.6 Å². The van der Waals surface area contributed by atoms with Gasteiger partial charge in [0, 0.05) is 22.6 Å². The number of rotatable bonds is 2. The first-order valence-electron chi connectivity index (χ1n) is 4.74. The number of benzene rings is 1. The molecule has 1 aromatic heterocycles. The lowest BCUT2D eigenvalue weighted by Crippen LogP contribution is -2.14. The molecule has 0 saturated heterocycles. The predicted octanol–water partition coefficient (Wildman–Crippen LogP) is 2.73. The molecule has 1 aromatic carbocycles. The van der Waals surface area contributed by atoms with Crippen molar-refractivity contribution in [2.24, 2.45) is 0 Å². The van der Waals surface area contributed by atoms with E-state index in [1.165, 1.54) is 0 Å². The van der Waals surface area contributed by atoms with Gasteiger partial charge in [0.15, 0.2) is 5.82 Å². The van der Waals surface area contributed by atoms with Crippen LogP contribution in [0.2, 0.25) is 0 Å². The number of nitrogens with zero attached hydrogens (tertiary/aromatic N) is 1. The van der Waals surface area contributed by atoms with Crippen molar-refractivity contribution in [2.45, 2.75) is 6.92 Å². The number of carbonyl (C=O) groups is 1. The molecule has 0 fully saturated rings. The molecule has 0 aliphatic carbocycles. The number of aromatic amines is 1. The quantitative estimate of drug-likeness (QED) is 0.888. The maximum absolute atomic E-state index is 11.7. The Bertz CT molecular complexity index is 508. The van der Waals surface area contributed by atoms with Gasteiger partial charge < -0.3 is 10.3 Å². The molecule has 2 aromatic rings. The highest BCUT2D eigenvalue weighted by atomic mass is 79.9. The van der Waals surface area contributed by atoms with Crippen LogP contribution in [0.5, 0.6) is 0 Å². The number of hydrogen-bond acceptors (Lipinski definition) is 2. The fourth-order valence-corrected chi connectivity index (χ4v) is 1.68. The Labute approximate surface area is 101 Å². The monoisotopic (exact) mass is 279 g/mol.